The van der Waals surface area contributed by atoms with Gasteiger partial charge in [-0.1, -0.05) is 69.7 Å². The highest BCUT2D eigenvalue weighted by molar-refractivity contribution is 5.47. The van der Waals surface area contributed by atoms with Crippen LogP contribution in [0.3, 0.4) is 0 Å². The Labute approximate surface area is 123 Å². The molecule has 0 spiro atoms. The molecule has 1 nitrogen and oxygen atoms in total. The largest absolute Gasteiger partial charge is 0.378 e. The maximum Gasteiger partial charge on any atom is 0.0536 e. The van der Waals surface area contributed by atoms with Crippen molar-refractivity contribution < 1.29 is 0 Å². The molecule has 0 saturated heterocycles. The van der Waals surface area contributed by atoms with E-state index in [1.54, 1.807) is 0 Å². The monoisotopic (exact) mass is 267 g/mol. The molecule has 106 valence electrons. The summed E-state index contributed by atoms with van der Waals surface area (Å²) in [4.78, 5) is 0. The summed E-state index contributed by atoms with van der Waals surface area (Å²) < 4.78 is 0. The number of rotatable bonds is 6. The number of benzene rings is 2. The van der Waals surface area contributed by atoms with Crippen LogP contribution in [0.4, 0.5) is 5.69 Å². The quantitative estimate of drug-likeness (QED) is 0.734. The van der Waals surface area contributed by atoms with E-state index in [2.05, 4.69) is 80.7 Å². The van der Waals surface area contributed by atoms with E-state index < -0.39 is 0 Å². The number of anilines is 1. The van der Waals surface area contributed by atoms with Gasteiger partial charge in [0, 0.05) is 5.69 Å². The van der Waals surface area contributed by atoms with Crippen LogP contribution in [0.1, 0.15) is 44.4 Å². The molecule has 0 bridgehead atoms. The molecule has 0 radical (unpaired) electrons. The minimum Gasteiger partial charge on any atom is -0.378 e. The van der Waals surface area contributed by atoms with Gasteiger partial charge in [-0.3, -0.25) is 0 Å². The Morgan fingerprint density at radius 1 is 0.900 bits per heavy atom. The Hall–Kier alpha value is -1.76. The minimum absolute atomic E-state index is 0.355. The van der Waals surface area contributed by atoms with Gasteiger partial charge in [-0.15, -0.1) is 0 Å². The highest BCUT2D eigenvalue weighted by atomic mass is 14.9. The van der Waals surface area contributed by atoms with Crippen LogP contribution in [0, 0.1) is 5.92 Å². The molecule has 0 aromatic heterocycles. The average Bonchev–Trinajstić information content (AvgIpc) is 2.47. The van der Waals surface area contributed by atoms with Crippen molar-refractivity contribution in [2.24, 2.45) is 5.92 Å². The average molecular weight is 267 g/mol. The Kier molecular flexibility index (Phi) is 5.23. The molecule has 0 aliphatic carbocycles. The van der Waals surface area contributed by atoms with E-state index in [0.29, 0.717) is 12.0 Å². The first-order valence-corrected chi connectivity index (χ1v) is 7.61. The van der Waals surface area contributed by atoms with Gasteiger partial charge in [0.05, 0.1) is 6.04 Å². The van der Waals surface area contributed by atoms with Crippen LogP contribution < -0.4 is 5.32 Å². The zero-order chi connectivity index (χ0) is 14.4. The lowest BCUT2D eigenvalue weighted by Crippen LogP contribution is -2.16. The van der Waals surface area contributed by atoms with Crippen molar-refractivity contribution >= 4 is 5.69 Å². The molecule has 0 fully saturated rings. The molecule has 2 aromatic rings. The molecule has 2 aromatic carbocycles. The fourth-order valence-corrected chi connectivity index (χ4v) is 2.53. The van der Waals surface area contributed by atoms with E-state index in [4.69, 9.17) is 0 Å². The van der Waals surface area contributed by atoms with Crippen molar-refractivity contribution in [2.75, 3.05) is 5.32 Å². The summed E-state index contributed by atoms with van der Waals surface area (Å²) in [6.07, 6.45) is 2.36. The van der Waals surface area contributed by atoms with Crippen LogP contribution >= 0.6 is 0 Å². The Bertz CT molecular complexity index is 499. The third-order valence-electron chi connectivity index (χ3n) is 3.64. The number of aryl methyl sites for hydroxylation is 1. The van der Waals surface area contributed by atoms with Crippen LogP contribution in [0.15, 0.2) is 54.6 Å². The minimum atomic E-state index is 0.355. The Morgan fingerprint density at radius 3 is 2.10 bits per heavy atom. The summed E-state index contributed by atoms with van der Waals surface area (Å²) in [5.74, 6) is 0.549. The molecule has 0 aliphatic heterocycles. The number of hydrogen-bond donors (Lipinski definition) is 1. The van der Waals surface area contributed by atoms with Crippen LogP contribution in [0.25, 0.3) is 0 Å². The lowest BCUT2D eigenvalue weighted by Gasteiger charge is -2.24. The fraction of sp³-hybridized carbons (Fsp3) is 0.368. The lowest BCUT2D eigenvalue weighted by molar-refractivity contribution is 0.546. The molecule has 1 heteroatoms. The van der Waals surface area contributed by atoms with Gasteiger partial charge in [-0.2, -0.15) is 0 Å². The van der Waals surface area contributed by atoms with E-state index in [9.17, 15) is 0 Å². The number of hydrogen-bond acceptors (Lipinski definition) is 1. The Balaban J connectivity index is 2.12. The molecule has 0 saturated carbocycles. The summed E-state index contributed by atoms with van der Waals surface area (Å²) in [5, 5.41) is 3.66. The SMILES string of the molecule is CCCc1ccc(NC(c2ccccc2)C(C)C)cc1. The first-order valence-electron chi connectivity index (χ1n) is 7.61. The topological polar surface area (TPSA) is 12.0 Å². The van der Waals surface area contributed by atoms with Gasteiger partial charge in [0.1, 0.15) is 0 Å². The first kappa shape index (κ1) is 14.6. The van der Waals surface area contributed by atoms with Crippen molar-refractivity contribution in [1.29, 1.82) is 0 Å². The molecular weight excluding hydrogens is 242 g/mol. The highest BCUT2D eigenvalue weighted by Crippen LogP contribution is 2.26. The van der Waals surface area contributed by atoms with E-state index in [1.807, 2.05) is 0 Å². The fourth-order valence-electron chi connectivity index (χ4n) is 2.53. The zero-order valence-electron chi connectivity index (χ0n) is 12.8. The highest BCUT2D eigenvalue weighted by Gasteiger charge is 2.14. The van der Waals surface area contributed by atoms with Gasteiger partial charge in [0.25, 0.3) is 0 Å². The maximum absolute atomic E-state index is 3.66. The second-order valence-electron chi connectivity index (χ2n) is 5.72. The molecule has 2 rings (SSSR count). The lowest BCUT2D eigenvalue weighted by atomic mass is 9.95. The summed E-state index contributed by atoms with van der Waals surface area (Å²) in [7, 11) is 0. The molecule has 0 heterocycles. The smallest absolute Gasteiger partial charge is 0.0536 e. The van der Waals surface area contributed by atoms with E-state index in [1.165, 1.54) is 23.2 Å². The summed E-state index contributed by atoms with van der Waals surface area (Å²) in [6.45, 7) is 6.74. The van der Waals surface area contributed by atoms with Crippen LogP contribution in [-0.2, 0) is 6.42 Å². The van der Waals surface area contributed by atoms with E-state index >= 15 is 0 Å². The van der Waals surface area contributed by atoms with Gasteiger partial charge in [0.15, 0.2) is 0 Å². The van der Waals surface area contributed by atoms with Gasteiger partial charge >= 0.3 is 0 Å². The van der Waals surface area contributed by atoms with E-state index in [-0.39, 0.29) is 0 Å². The normalized spacial score (nSPS) is 12.4. The summed E-state index contributed by atoms with van der Waals surface area (Å²) in [6, 6.07) is 19.9. The van der Waals surface area contributed by atoms with Crippen molar-refractivity contribution in [2.45, 2.75) is 39.7 Å². The van der Waals surface area contributed by atoms with Crippen molar-refractivity contribution in [3.63, 3.8) is 0 Å². The van der Waals surface area contributed by atoms with Crippen molar-refractivity contribution in [1.82, 2.24) is 0 Å². The second kappa shape index (κ2) is 7.14. The van der Waals surface area contributed by atoms with Crippen molar-refractivity contribution in [3.8, 4) is 0 Å². The third kappa shape index (κ3) is 3.86. The molecule has 1 unspecified atom stereocenters. The number of nitrogens with one attached hydrogen (secondary N) is 1. The standard InChI is InChI=1S/C19H25N/c1-4-8-16-11-13-18(14-12-16)20-19(15(2)3)17-9-6-5-7-10-17/h5-7,9-15,19-20H,4,8H2,1-3H3. The van der Waals surface area contributed by atoms with Crippen molar-refractivity contribution in [3.05, 3.63) is 65.7 Å². The molecule has 0 amide bonds. The van der Waals surface area contributed by atoms with Gasteiger partial charge in [-0.25, -0.2) is 0 Å². The van der Waals surface area contributed by atoms with Gasteiger partial charge < -0.3 is 5.32 Å². The van der Waals surface area contributed by atoms with Gasteiger partial charge in [-0.05, 0) is 35.6 Å². The first-order chi connectivity index (χ1) is 9.70. The predicted molar refractivity (Wildman–Crippen MR) is 88.1 cm³/mol. The molecule has 1 atom stereocenters. The zero-order valence-corrected chi connectivity index (χ0v) is 12.8. The summed E-state index contributed by atoms with van der Waals surface area (Å²) in [5.41, 5.74) is 3.96. The van der Waals surface area contributed by atoms with Crippen LogP contribution in [0.2, 0.25) is 0 Å². The van der Waals surface area contributed by atoms with Gasteiger partial charge in [0.2, 0.25) is 0 Å². The molecular formula is C19H25N. The van der Waals surface area contributed by atoms with Crippen LogP contribution in [-0.4, -0.2) is 0 Å². The second-order valence-corrected chi connectivity index (χ2v) is 5.72. The van der Waals surface area contributed by atoms with E-state index in [0.717, 1.165) is 6.42 Å². The summed E-state index contributed by atoms with van der Waals surface area (Å²) >= 11 is 0. The molecule has 0 aliphatic rings. The van der Waals surface area contributed by atoms with Crippen LogP contribution in [0.5, 0.6) is 0 Å². The maximum atomic E-state index is 3.66. The Morgan fingerprint density at radius 2 is 1.55 bits per heavy atom. The molecule has 1 N–H and O–H groups in total. The molecule has 20 heavy (non-hydrogen) atoms. The predicted octanol–water partition coefficient (Wildman–Crippen LogP) is 5.45. The third-order valence-corrected chi connectivity index (χ3v) is 3.64.